The minimum Gasteiger partial charge on any atom is -0.379 e. The third kappa shape index (κ3) is 4.87. The molecule has 1 N–H and O–H groups in total. The molecule has 32 heavy (non-hydrogen) atoms. The van der Waals surface area contributed by atoms with Crippen molar-refractivity contribution in [2.75, 3.05) is 39.4 Å². The van der Waals surface area contributed by atoms with Gasteiger partial charge in [0.25, 0.3) is 11.6 Å². The van der Waals surface area contributed by atoms with Crippen molar-refractivity contribution in [1.82, 2.24) is 24.6 Å². The maximum Gasteiger partial charge on any atom is 0.271 e. The fourth-order valence-corrected chi connectivity index (χ4v) is 3.75. The van der Waals surface area contributed by atoms with Crippen LogP contribution in [0.4, 0.5) is 5.69 Å². The molecule has 3 heterocycles. The number of hydrogen-bond acceptors (Lipinski definition) is 6. The average molecular weight is 438 g/mol. The molecule has 1 amide bonds. The van der Waals surface area contributed by atoms with E-state index in [-0.39, 0.29) is 11.6 Å². The number of aromatic nitrogens is 3. The number of benzene rings is 1. The number of nitrogens with zero attached hydrogens (tertiary/aromatic N) is 5. The van der Waals surface area contributed by atoms with E-state index < -0.39 is 4.92 Å². The van der Waals surface area contributed by atoms with Gasteiger partial charge in [0, 0.05) is 45.0 Å². The van der Waals surface area contributed by atoms with E-state index in [4.69, 9.17) is 4.74 Å². The largest absolute Gasteiger partial charge is 0.379 e. The Kier molecular flexibility index (Phi) is 6.62. The third-order valence-corrected chi connectivity index (χ3v) is 5.47. The van der Waals surface area contributed by atoms with Crippen molar-refractivity contribution >= 4 is 11.6 Å². The topological polar surface area (TPSA) is 107 Å². The molecule has 10 nitrogen and oxygen atoms in total. The number of nitro benzene ring substituents is 1. The molecule has 168 valence electrons. The first-order valence-electron chi connectivity index (χ1n) is 10.6. The molecule has 0 bridgehead atoms. The number of amides is 1. The summed E-state index contributed by atoms with van der Waals surface area (Å²) >= 11 is 0. The fraction of sp³-hybridized carbons (Fsp3) is 0.364. The molecule has 1 aliphatic rings. The molecule has 1 saturated heterocycles. The molecule has 1 aromatic carbocycles. The molecule has 1 aliphatic heterocycles. The van der Waals surface area contributed by atoms with Crippen molar-refractivity contribution < 1.29 is 14.5 Å². The molecular formula is C22H26N6O4. The lowest BCUT2D eigenvalue weighted by Crippen LogP contribution is -2.38. The van der Waals surface area contributed by atoms with E-state index in [2.05, 4.69) is 15.3 Å². The van der Waals surface area contributed by atoms with Gasteiger partial charge in [-0.05, 0) is 37.2 Å². The van der Waals surface area contributed by atoms with Crippen LogP contribution in [0.25, 0.3) is 17.1 Å². The van der Waals surface area contributed by atoms with Crippen molar-refractivity contribution in [3.05, 3.63) is 64.5 Å². The number of carbonyl (C=O) groups excluding carboxylic acids is 1. The quantitative estimate of drug-likeness (QED) is 0.328. The minimum absolute atomic E-state index is 0.0599. The highest BCUT2D eigenvalue weighted by Gasteiger charge is 2.20. The number of nitro groups is 1. The van der Waals surface area contributed by atoms with Crippen molar-refractivity contribution in [1.29, 1.82) is 0 Å². The fourth-order valence-electron chi connectivity index (χ4n) is 3.75. The zero-order valence-electron chi connectivity index (χ0n) is 17.9. The SMILES string of the molecule is Cn1cccc1-c1cc(C(=O)NCCCN2CCOCC2)n(-c2cccc([N+](=O)[O-])c2)n1. The van der Waals surface area contributed by atoms with Gasteiger partial charge in [0.15, 0.2) is 0 Å². The van der Waals surface area contributed by atoms with Crippen LogP contribution in [0.1, 0.15) is 16.9 Å². The van der Waals surface area contributed by atoms with Crippen LogP contribution in [-0.2, 0) is 11.8 Å². The molecule has 0 saturated carbocycles. The number of aryl methyl sites for hydroxylation is 1. The van der Waals surface area contributed by atoms with Gasteiger partial charge >= 0.3 is 0 Å². The summed E-state index contributed by atoms with van der Waals surface area (Å²) in [6, 6.07) is 11.6. The maximum atomic E-state index is 13.0. The summed E-state index contributed by atoms with van der Waals surface area (Å²) in [6.45, 7) is 4.73. The third-order valence-electron chi connectivity index (χ3n) is 5.47. The lowest BCUT2D eigenvalue weighted by Gasteiger charge is -2.26. The average Bonchev–Trinajstić information content (AvgIpc) is 3.43. The van der Waals surface area contributed by atoms with Gasteiger partial charge in [-0.3, -0.25) is 19.8 Å². The number of carbonyl (C=O) groups is 1. The molecule has 2 aromatic heterocycles. The van der Waals surface area contributed by atoms with Gasteiger partial charge in [0.05, 0.1) is 29.5 Å². The summed E-state index contributed by atoms with van der Waals surface area (Å²) in [5.74, 6) is -0.272. The standard InChI is InChI=1S/C22H26N6O4/c1-25-9-3-7-20(25)19-16-21(22(29)23-8-4-10-26-11-13-32-14-12-26)27(24-19)17-5-2-6-18(15-17)28(30)31/h2-3,5-7,9,15-16H,4,8,10-14H2,1H3,(H,23,29). The van der Waals surface area contributed by atoms with E-state index in [0.29, 0.717) is 23.6 Å². The lowest BCUT2D eigenvalue weighted by molar-refractivity contribution is -0.384. The summed E-state index contributed by atoms with van der Waals surface area (Å²) in [7, 11) is 1.90. The van der Waals surface area contributed by atoms with Crippen molar-refractivity contribution in [2.24, 2.45) is 7.05 Å². The summed E-state index contributed by atoms with van der Waals surface area (Å²) in [4.78, 5) is 26.1. The molecule has 0 atom stereocenters. The number of hydrogen-bond donors (Lipinski definition) is 1. The zero-order valence-corrected chi connectivity index (χ0v) is 17.9. The Hall–Kier alpha value is -3.50. The van der Waals surface area contributed by atoms with E-state index in [1.165, 1.54) is 16.8 Å². The van der Waals surface area contributed by atoms with E-state index in [1.807, 2.05) is 29.9 Å². The molecule has 3 aromatic rings. The maximum absolute atomic E-state index is 13.0. The Balaban J connectivity index is 1.54. The van der Waals surface area contributed by atoms with Crippen LogP contribution in [0.15, 0.2) is 48.7 Å². The number of non-ortho nitro benzene ring substituents is 1. The highest BCUT2D eigenvalue weighted by molar-refractivity contribution is 5.94. The first kappa shape index (κ1) is 21.7. The van der Waals surface area contributed by atoms with Gasteiger partial charge in [0.2, 0.25) is 0 Å². The number of nitrogens with one attached hydrogen (secondary N) is 1. The molecular weight excluding hydrogens is 412 g/mol. The van der Waals surface area contributed by atoms with Gasteiger partial charge in [-0.25, -0.2) is 4.68 Å². The minimum atomic E-state index is -0.462. The van der Waals surface area contributed by atoms with Gasteiger partial charge in [-0.15, -0.1) is 0 Å². The highest BCUT2D eigenvalue weighted by Crippen LogP contribution is 2.24. The predicted molar refractivity (Wildman–Crippen MR) is 119 cm³/mol. The van der Waals surface area contributed by atoms with Crippen LogP contribution in [0.2, 0.25) is 0 Å². The van der Waals surface area contributed by atoms with Gasteiger partial charge in [0.1, 0.15) is 11.4 Å². The van der Waals surface area contributed by atoms with Crippen molar-refractivity contribution in [3.8, 4) is 17.1 Å². The molecule has 4 rings (SSSR count). The summed E-state index contributed by atoms with van der Waals surface area (Å²) < 4.78 is 8.73. The molecule has 10 heteroatoms. The van der Waals surface area contributed by atoms with E-state index in [1.54, 1.807) is 18.2 Å². The normalized spacial score (nSPS) is 14.4. The summed E-state index contributed by atoms with van der Waals surface area (Å²) in [5, 5.41) is 18.8. The van der Waals surface area contributed by atoms with E-state index in [0.717, 1.165) is 45.0 Å². The van der Waals surface area contributed by atoms with Crippen molar-refractivity contribution in [2.45, 2.75) is 6.42 Å². The van der Waals surface area contributed by atoms with Crippen LogP contribution in [0, 0.1) is 10.1 Å². The molecule has 0 radical (unpaired) electrons. The first-order chi connectivity index (χ1) is 15.5. The second kappa shape index (κ2) is 9.75. The lowest BCUT2D eigenvalue weighted by atomic mass is 10.2. The highest BCUT2D eigenvalue weighted by atomic mass is 16.6. The Morgan fingerprint density at radius 3 is 2.75 bits per heavy atom. The van der Waals surface area contributed by atoms with Gasteiger partial charge in [-0.1, -0.05) is 6.07 Å². The van der Waals surface area contributed by atoms with Crippen LogP contribution in [0.3, 0.4) is 0 Å². The second-order valence-corrected chi connectivity index (χ2v) is 7.67. The Labute approximate surface area is 185 Å². The van der Waals surface area contributed by atoms with Crippen molar-refractivity contribution in [3.63, 3.8) is 0 Å². The van der Waals surface area contributed by atoms with Gasteiger partial charge in [-0.2, -0.15) is 5.10 Å². The molecule has 1 fully saturated rings. The van der Waals surface area contributed by atoms with Crippen LogP contribution in [-0.4, -0.2) is 69.5 Å². The number of rotatable bonds is 8. The summed E-state index contributed by atoms with van der Waals surface area (Å²) in [5.41, 5.74) is 2.18. The van der Waals surface area contributed by atoms with Crippen LogP contribution >= 0.6 is 0 Å². The molecule has 0 spiro atoms. The first-order valence-corrected chi connectivity index (χ1v) is 10.6. The number of ether oxygens (including phenoxy) is 1. The van der Waals surface area contributed by atoms with Crippen LogP contribution < -0.4 is 5.32 Å². The second-order valence-electron chi connectivity index (χ2n) is 7.67. The predicted octanol–water partition coefficient (Wildman–Crippen LogP) is 2.24. The smallest absolute Gasteiger partial charge is 0.271 e. The Morgan fingerprint density at radius 1 is 1.22 bits per heavy atom. The molecule has 0 aliphatic carbocycles. The zero-order chi connectivity index (χ0) is 22.5. The Bertz CT molecular complexity index is 1100. The van der Waals surface area contributed by atoms with Crippen LogP contribution in [0.5, 0.6) is 0 Å². The monoisotopic (exact) mass is 438 g/mol. The summed E-state index contributed by atoms with van der Waals surface area (Å²) in [6.07, 6.45) is 2.72. The van der Waals surface area contributed by atoms with E-state index in [9.17, 15) is 14.9 Å². The van der Waals surface area contributed by atoms with Gasteiger partial charge < -0.3 is 14.6 Å². The Morgan fingerprint density at radius 2 is 2.03 bits per heavy atom. The van der Waals surface area contributed by atoms with E-state index >= 15 is 0 Å². The number of morpholine rings is 1. The molecule has 0 unspecified atom stereocenters.